The molecule has 1 radical (unpaired) electrons. The maximum Gasteiger partial charge on any atom is 0.261 e. The van der Waals surface area contributed by atoms with Gasteiger partial charge >= 0.3 is 0 Å². The summed E-state index contributed by atoms with van der Waals surface area (Å²) in [6.45, 7) is 9.69. The molecule has 0 aliphatic heterocycles. The molecule has 3 heteroatoms. The molecule has 4 rings (SSSR count). The van der Waals surface area contributed by atoms with E-state index in [1.807, 2.05) is 0 Å². The summed E-state index contributed by atoms with van der Waals surface area (Å²) in [6.07, 6.45) is 5.47. The van der Waals surface area contributed by atoms with E-state index in [2.05, 4.69) is 118 Å². The van der Waals surface area contributed by atoms with Gasteiger partial charge in [-0.05, 0) is 40.2 Å². The third-order valence-electron chi connectivity index (χ3n) is 7.42. The van der Waals surface area contributed by atoms with Crippen molar-refractivity contribution < 1.29 is 4.43 Å². The number of rotatable bonds is 7. The summed E-state index contributed by atoms with van der Waals surface area (Å²) >= 11 is 0. The molecule has 0 N–H and O–H groups in total. The first-order chi connectivity index (χ1) is 15.9. The summed E-state index contributed by atoms with van der Waals surface area (Å²) < 4.78 is 7.62. The van der Waals surface area contributed by atoms with E-state index in [4.69, 9.17) is 4.43 Å². The Bertz CT molecular complexity index is 943. The predicted octanol–water partition coefficient (Wildman–Crippen LogP) is 6.15. The summed E-state index contributed by atoms with van der Waals surface area (Å²) in [6, 6.07) is 34.8. The lowest BCUT2D eigenvalue weighted by Crippen LogP contribution is -2.68. The van der Waals surface area contributed by atoms with Crippen LogP contribution in [0.4, 0.5) is 0 Å². The molecule has 1 saturated carbocycles. The zero-order chi connectivity index (χ0) is 23.3. The van der Waals surface area contributed by atoms with Crippen molar-refractivity contribution in [1.82, 2.24) is 0 Å². The molecule has 0 amide bonds. The predicted molar refractivity (Wildman–Crippen MR) is 147 cm³/mol. The van der Waals surface area contributed by atoms with Crippen LogP contribution in [0.5, 0.6) is 0 Å². The van der Waals surface area contributed by atoms with E-state index < -0.39 is 17.1 Å². The van der Waals surface area contributed by atoms with E-state index in [1.54, 1.807) is 5.19 Å². The van der Waals surface area contributed by atoms with Gasteiger partial charge in [0, 0.05) is 6.10 Å². The fraction of sp³-hybridized carbons (Fsp3) is 0.400. The van der Waals surface area contributed by atoms with E-state index in [0.717, 1.165) is 0 Å². The molecule has 0 spiro atoms. The minimum absolute atomic E-state index is 0.0388. The number of hydrogen-bond donors (Lipinski definition) is 0. The molecular weight excluding hydrogens is 433 g/mol. The van der Waals surface area contributed by atoms with Crippen LogP contribution < -0.4 is 15.6 Å². The Kier molecular flexibility index (Phi) is 7.73. The summed E-state index contributed by atoms with van der Waals surface area (Å²) in [5.41, 5.74) is 0. The second-order valence-corrected chi connectivity index (χ2v) is 17.5. The molecule has 0 saturated heterocycles. The molecule has 1 aliphatic carbocycles. The van der Waals surface area contributed by atoms with Crippen LogP contribution in [-0.2, 0) is 4.43 Å². The fourth-order valence-electron chi connectivity index (χ4n) is 5.71. The second kappa shape index (κ2) is 10.5. The molecule has 2 atom stereocenters. The summed E-state index contributed by atoms with van der Waals surface area (Å²) in [5.74, 6) is 0.652. The molecule has 3 aromatic carbocycles. The largest absolute Gasteiger partial charge is 0.404 e. The highest BCUT2D eigenvalue weighted by molar-refractivity contribution is 6.99. The van der Waals surface area contributed by atoms with Crippen molar-refractivity contribution in [2.75, 3.05) is 0 Å². The van der Waals surface area contributed by atoms with Gasteiger partial charge in [-0.15, -0.1) is 0 Å². The highest BCUT2D eigenvalue weighted by atomic mass is 28.4. The van der Waals surface area contributed by atoms with Crippen LogP contribution in [0.3, 0.4) is 0 Å². The topological polar surface area (TPSA) is 9.23 Å². The summed E-state index contributed by atoms with van der Waals surface area (Å²) in [7, 11) is -3.08. The Labute approximate surface area is 204 Å². The van der Waals surface area contributed by atoms with Crippen LogP contribution in [-0.4, -0.2) is 23.2 Å². The van der Waals surface area contributed by atoms with E-state index in [1.165, 1.54) is 42.1 Å². The third-order valence-corrected chi connectivity index (χ3v) is 14.9. The van der Waals surface area contributed by atoms with Crippen LogP contribution >= 0.6 is 0 Å². The van der Waals surface area contributed by atoms with Gasteiger partial charge in [-0.1, -0.05) is 136 Å². The smallest absolute Gasteiger partial charge is 0.261 e. The minimum Gasteiger partial charge on any atom is -0.404 e. The molecule has 1 nitrogen and oxygen atoms in total. The third kappa shape index (κ3) is 5.26. The Morgan fingerprint density at radius 3 is 1.76 bits per heavy atom. The summed E-state index contributed by atoms with van der Waals surface area (Å²) in [5, 5.41) is 4.39. The lowest BCUT2D eigenvalue weighted by Gasteiger charge is -2.47. The van der Waals surface area contributed by atoms with Gasteiger partial charge in [0.05, 0.1) is 8.80 Å². The fourth-order valence-corrected chi connectivity index (χ4v) is 12.7. The molecule has 0 heterocycles. The first-order valence-corrected chi connectivity index (χ1v) is 16.7. The van der Waals surface area contributed by atoms with Gasteiger partial charge in [0.25, 0.3) is 8.32 Å². The maximum atomic E-state index is 7.62. The van der Waals surface area contributed by atoms with Crippen LogP contribution in [0.15, 0.2) is 91.0 Å². The highest BCUT2D eigenvalue weighted by Gasteiger charge is 2.52. The first-order valence-electron chi connectivity index (χ1n) is 12.6. The van der Waals surface area contributed by atoms with Gasteiger partial charge in [0.2, 0.25) is 0 Å². The average Bonchev–Trinajstić information content (AvgIpc) is 2.84. The molecule has 173 valence electrons. The van der Waals surface area contributed by atoms with Crippen LogP contribution in [0, 0.1) is 5.92 Å². The zero-order valence-electron chi connectivity index (χ0n) is 20.8. The molecule has 1 fully saturated rings. The monoisotopic (exact) mass is 471 g/mol. The van der Waals surface area contributed by atoms with Crippen molar-refractivity contribution in [3.63, 3.8) is 0 Å². The normalized spacial score (nSPS) is 19.5. The van der Waals surface area contributed by atoms with E-state index in [9.17, 15) is 0 Å². The van der Waals surface area contributed by atoms with Crippen molar-refractivity contribution in [1.29, 1.82) is 0 Å². The van der Waals surface area contributed by atoms with Crippen LogP contribution in [0.25, 0.3) is 0 Å². The van der Waals surface area contributed by atoms with E-state index in [0.29, 0.717) is 12.0 Å². The molecule has 3 aromatic rings. The summed E-state index contributed by atoms with van der Waals surface area (Å²) in [4.78, 5) is 0. The number of benzene rings is 3. The zero-order valence-corrected chi connectivity index (χ0v) is 22.8. The Hall–Kier alpha value is -1.95. The molecule has 0 unspecified atom stereocenters. The molecular formula is C30H39OSi2. The van der Waals surface area contributed by atoms with Gasteiger partial charge in [-0.3, -0.25) is 0 Å². The molecule has 33 heavy (non-hydrogen) atoms. The number of hydrogen-bond acceptors (Lipinski definition) is 1. The second-order valence-electron chi connectivity index (χ2n) is 10.7. The lowest BCUT2D eigenvalue weighted by molar-refractivity contribution is 0.0924. The van der Waals surface area contributed by atoms with Crippen LogP contribution in [0.2, 0.25) is 17.6 Å². The Balaban J connectivity index is 1.71. The van der Waals surface area contributed by atoms with Gasteiger partial charge in [0.1, 0.15) is 0 Å². The van der Waals surface area contributed by atoms with Gasteiger partial charge in [-0.2, -0.15) is 0 Å². The maximum absolute atomic E-state index is 7.62. The Morgan fingerprint density at radius 2 is 1.24 bits per heavy atom. The standard InChI is InChI=1S/C30H39OSi2/c1-30(2,3)33(27-19-10-6-11-20-27,28-21-12-7-13-22-28)31-29-23-15-14-16-25(29)24-32(4)26-17-8-5-9-18-26/h5-13,17-22,25,29H,14-16,23-24H2,1-4H3/t25-,29+/m0/s1. The van der Waals surface area contributed by atoms with Gasteiger partial charge in [-0.25, -0.2) is 0 Å². The quantitative estimate of drug-likeness (QED) is 0.375. The van der Waals surface area contributed by atoms with E-state index >= 15 is 0 Å². The van der Waals surface area contributed by atoms with Crippen molar-refractivity contribution in [2.45, 2.75) is 70.2 Å². The van der Waals surface area contributed by atoms with Crippen LogP contribution in [0.1, 0.15) is 46.5 Å². The molecule has 0 bridgehead atoms. The minimum atomic E-state index is -2.50. The first kappa shape index (κ1) is 24.2. The average molecular weight is 472 g/mol. The van der Waals surface area contributed by atoms with Gasteiger partial charge in [0.15, 0.2) is 0 Å². The van der Waals surface area contributed by atoms with Gasteiger partial charge < -0.3 is 4.43 Å². The van der Waals surface area contributed by atoms with E-state index in [-0.39, 0.29) is 5.04 Å². The molecule has 0 aromatic heterocycles. The lowest BCUT2D eigenvalue weighted by atomic mass is 9.88. The Morgan fingerprint density at radius 1 is 0.758 bits per heavy atom. The van der Waals surface area contributed by atoms with Crippen molar-refractivity contribution >= 4 is 32.7 Å². The van der Waals surface area contributed by atoms with Crippen molar-refractivity contribution in [3.05, 3.63) is 91.0 Å². The molecule has 1 aliphatic rings. The van der Waals surface area contributed by atoms with Crippen molar-refractivity contribution in [2.24, 2.45) is 5.92 Å². The highest BCUT2D eigenvalue weighted by Crippen LogP contribution is 2.41. The SMILES string of the molecule is C[Si](C[C@@H]1CCCC[C@H]1O[Si](c1ccccc1)(c1ccccc1)C(C)(C)C)c1ccccc1. The van der Waals surface area contributed by atoms with Crippen molar-refractivity contribution in [3.8, 4) is 0 Å².